The van der Waals surface area contributed by atoms with E-state index in [0.29, 0.717) is 18.8 Å². The monoisotopic (exact) mass is 485 g/mol. The number of benzene rings is 2. The zero-order valence-corrected chi connectivity index (χ0v) is 19.4. The summed E-state index contributed by atoms with van der Waals surface area (Å²) in [5.74, 6) is -0.501. The second-order valence-electron chi connectivity index (χ2n) is 7.37. The third-order valence-corrected chi connectivity index (χ3v) is 7.66. The highest BCUT2D eigenvalue weighted by Crippen LogP contribution is 2.24. The fraction of sp³-hybridized carbons (Fsp3) is 0.350. The van der Waals surface area contributed by atoms with Gasteiger partial charge in [-0.2, -0.15) is 4.31 Å². The van der Waals surface area contributed by atoms with E-state index in [-0.39, 0.29) is 21.2 Å². The Kier molecular flexibility index (Phi) is 7.25. The lowest BCUT2D eigenvalue weighted by Crippen LogP contribution is -2.31. The van der Waals surface area contributed by atoms with Crippen molar-refractivity contribution in [2.75, 3.05) is 29.4 Å². The van der Waals surface area contributed by atoms with E-state index in [2.05, 4.69) is 10.0 Å². The van der Waals surface area contributed by atoms with Gasteiger partial charge in [-0.1, -0.05) is 24.4 Å². The molecule has 1 fully saturated rings. The van der Waals surface area contributed by atoms with Gasteiger partial charge in [-0.15, -0.1) is 0 Å². The van der Waals surface area contributed by atoms with Gasteiger partial charge in [-0.25, -0.2) is 16.8 Å². The molecule has 2 aromatic rings. The van der Waals surface area contributed by atoms with Crippen molar-refractivity contribution in [3.05, 3.63) is 53.1 Å². The van der Waals surface area contributed by atoms with E-state index in [1.165, 1.54) is 46.8 Å². The molecule has 168 valence electrons. The molecule has 1 saturated heterocycles. The summed E-state index contributed by atoms with van der Waals surface area (Å²) in [5, 5.41) is 2.74. The highest BCUT2D eigenvalue weighted by molar-refractivity contribution is 7.92. The van der Waals surface area contributed by atoms with E-state index in [1.807, 2.05) is 0 Å². The lowest BCUT2D eigenvalue weighted by molar-refractivity contribution is 0.102. The van der Waals surface area contributed by atoms with Crippen LogP contribution in [-0.2, 0) is 20.0 Å². The predicted molar refractivity (Wildman–Crippen MR) is 122 cm³/mol. The Morgan fingerprint density at radius 1 is 0.903 bits per heavy atom. The van der Waals surface area contributed by atoms with Gasteiger partial charge in [0.05, 0.1) is 21.7 Å². The third kappa shape index (κ3) is 6.19. The molecule has 0 aromatic heterocycles. The normalized spacial score (nSPS) is 15.8. The van der Waals surface area contributed by atoms with Crippen molar-refractivity contribution in [2.24, 2.45) is 0 Å². The highest BCUT2D eigenvalue weighted by Gasteiger charge is 2.25. The lowest BCUT2D eigenvalue weighted by atomic mass is 10.2. The quantitative estimate of drug-likeness (QED) is 0.649. The van der Waals surface area contributed by atoms with E-state index >= 15 is 0 Å². The molecule has 3 rings (SSSR count). The molecule has 0 unspecified atom stereocenters. The predicted octanol–water partition coefficient (Wildman–Crippen LogP) is 3.53. The molecule has 0 spiro atoms. The molecule has 2 N–H and O–H groups in total. The number of rotatable bonds is 6. The van der Waals surface area contributed by atoms with Crippen LogP contribution in [0.4, 0.5) is 11.4 Å². The number of halogens is 1. The first-order chi connectivity index (χ1) is 14.6. The van der Waals surface area contributed by atoms with Gasteiger partial charge in [-0.3, -0.25) is 9.52 Å². The number of nitrogens with one attached hydrogen (secondary N) is 2. The summed E-state index contributed by atoms with van der Waals surface area (Å²) in [6.45, 7) is 1.03. The van der Waals surface area contributed by atoms with Crippen molar-refractivity contribution < 1.29 is 21.6 Å². The number of hydrogen-bond acceptors (Lipinski definition) is 5. The molecule has 0 aliphatic carbocycles. The largest absolute Gasteiger partial charge is 0.322 e. The summed E-state index contributed by atoms with van der Waals surface area (Å²) in [6, 6.07) is 10.2. The topological polar surface area (TPSA) is 113 Å². The van der Waals surface area contributed by atoms with Crippen molar-refractivity contribution in [1.82, 2.24) is 4.31 Å². The number of nitrogens with zero attached hydrogens (tertiary/aromatic N) is 1. The maximum atomic E-state index is 12.8. The Hall–Kier alpha value is -2.14. The Bertz CT molecular complexity index is 1160. The Morgan fingerprint density at radius 2 is 1.48 bits per heavy atom. The maximum Gasteiger partial charge on any atom is 0.257 e. The summed E-state index contributed by atoms with van der Waals surface area (Å²) in [7, 11) is -7.03. The zero-order valence-electron chi connectivity index (χ0n) is 17.0. The van der Waals surface area contributed by atoms with Crippen LogP contribution in [-0.4, -0.2) is 46.4 Å². The third-order valence-electron chi connectivity index (χ3n) is 4.83. The van der Waals surface area contributed by atoms with Gasteiger partial charge in [0.1, 0.15) is 0 Å². The standard InChI is InChI=1S/C20H24ClN3O5S2/c1-30(26,27)23-16-8-11-18(19(21)14-16)20(25)22-15-6-9-17(10-7-15)31(28,29)24-12-4-2-3-5-13-24/h6-11,14,23H,2-5,12-13H2,1H3,(H,22,25). The molecule has 0 bridgehead atoms. The van der Waals surface area contributed by atoms with Gasteiger partial charge >= 0.3 is 0 Å². The van der Waals surface area contributed by atoms with Crippen LogP contribution in [0.2, 0.25) is 5.02 Å². The minimum atomic E-state index is -3.57. The first kappa shape index (κ1) is 23.5. The van der Waals surface area contributed by atoms with Crippen LogP contribution in [0.3, 0.4) is 0 Å². The molecule has 31 heavy (non-hydrogen) atoms. The van der Waals surface area contributed by atoms with Crippen LogP contribution in [0, 0.1) is 0 Å². The van der Waals surface area contributed by atoms with Crippen molar-refractivity contribution in [3.8, 4) is 0 Å². The smallest absolute Gasteiger partial charge is 0.257 e. The summed E-state index contributed by atoms with van der Waals surface area (Å²) >= 11 is 6.12. The average molecular weight is 486 g/mol. The number of carbonyl (C=O) groups is 1. The summed E-state index contributed by atoms with van der Waals surface area (Å²) in [6.07, 6.45) is 4.78. The molecule has 1 aliphatic heterocycles. The second kappa shape index (κ2) is 9.56. The Morgan fingerprint density at radius 3 is 2.03 bits per heavy atom. The van der Waals surface area contributed by atoms with Gasteiger partial charge in [0.15, 0.2) is 0 Å². The van der Waals surface area contributed by atoms with Gasteiger partial charge in [0, 0.05) is 24.5 Å². The number of carbonyl (C=O) groups excluding carboxylic acids is 1. The van der Waals surface area contributed by atoms with Crippen LogP contribution in [0.5, 0.6) is 0 Å². The van der Waals surface area contributed by atoms with Crippen LogP contribution in [0.15, 0.2) is 47.4 Å². The highest BCUT2D eigenvalue weighted by atomic mass is 35.5. The maximum absolute atomic E-state index is 12.8. The van der Waals surface area contributed by atoms with Crippen LogP contribution in [0.1, 0.15) is 36.0 Å². The molecule has 2 aromatic carbocycles. The first-order valence-electron chi connectivity index (χ1n) is 9.75. The lowest BCUT2D eigenvalue weighted by Gasteiger charge is -2.20. The summed E-state index contributed by atoms with van der Waals surface area (Å²) in [4.78, 5) is 12.7. The Labute approximate surface area is 187 Å². The first-order valence-corrected chi connectivity index (χ1v) is 13.5. The van der Waals surface area contributed by atoms with Crippen molar-refractivity contribution >= 4 is 48.9 Å². The van der Waals surface area contributed by atoms with E-state index in [0.717, 1.165) is 31.9 Å². The molecule has 0 atom stereocenters. The number of anilines is 2. The molecule has 11 heteroatoms. The molecule has 1 heterocycles. The van der Waals surface area contributed by atoms with E-state index < -0.39 is 26.0 Å². The van der Waals surface area contributed by atoms with Gasteiger partial charge < -0.3 is 5.32 Å². The van der Waals surface area contributed by atoms with Crippen LogP contribution >= 0.6 is 11.6 Å². The number of hydrogen-bond donors (Lipinski definition) is 2. The van der Waals surface area contributed by atoms with Crippen molar-refractivity contribution in [3.63, 3.8) is 0 Å². The summed E-state index contributed by atoms with van der Waals surface area (Å²) < 4.78 is 52.1. The molecule has 1 aliphatic rings. The zero-order chi connectivity index (χ0) is 22.6. The average Bonchev–Trinajstić information content (AvgIpc) is 2.97. The summed E-state index contributed by atoms with van der Waals surface area (Å²) in [5.41, 5.74) is 0.809. The Balaban J connectivity index is 1.71. The molecular formula is C20H24ClN3O5S2. The minimum absolute atomic E-state index is 0.0755. The van der Waals surface area contributed by atoms with Gasteiger partial charge in [0.25, 0.3) is 5.91 Å². The number of amides is 1. The molecular weight excluding hydrogens is 462 g/mol. The SMILES string of the molecule is CS(=O)(=O)Nc1ccc(C(=O)Nc2ccc(S(=O)(=O)N3CCCCCC3)cc2)c(Cl)c1. The van der Waals surface area contributed by atoms with Gasteiger partial charge in [-0.05, 0) is 55.3 Å². The molecule has 1 amide bonds. The fourth-order valence-electron chi connectivity index (χ4n) is 3.32. The molecule has 0 saturated carbocycles. The van der Waals surface area contributed by atoms with Gasteiger partial charge in [0.2, 0.25) is 20.0 Å². The van der Waals surface area contributed by atoms with E-state index in [4.69, 9.17) is 11.6 Å². The second-order valence-corrected chi connectivity index (χ2v) is 11.5. The van der Waals surface area contributed by atoms with Crippen molar-refractivity contribution in [2.45, 2.75) is 30.6 Å². The molecule has 0 radical (unpaired) electrons. The van der Waals surface area contributed by atoms with E-state index in [1.54, 1.807) is 0 Å². The van der Waals surface area contributed by atoms with E-state index in [9.17, 15) is 21.6 Å². The molecule has 8 nitrogen and oxygen atoms in total. The van der Waals surface area contributed by atoms with Crippen LogP contribution in [0.25, 0.3) is 0 Å². The fourth-order valence-corrected chi connectivity index (χ4v) is 5.66. The van der Waals surface area contributed by atoms with Crippen molar-refractivity contribution in [1.29, 1.82) is 0 Å². The minimum Gasteiger partial charge on any atom is -0.322 e. The van der Waals surface area contributed by atoms with Crippen LogP contribution < -0.4 is 10.0 Å². The number of sulfonamides is 2.